The van der Waals surface area contributed by atoms with Crippen molar-refractivity contribution in [1.29, 1.82) is 0 Å². The summed E-state index contributed by atoms with van der Waals surface area (Å²) in [5.41, 5.74) is 0.445. The molecule has 0 spiro atoms. The molecule has 6 heteroatoms. The summed E-state index contributed by atoms with van der Waals surface area (Å²) < 4.78 is 0. The quantitative estimate of drug-likeness (QED) is 0.764. The van der Waals surface area contributed by atoms with E-state index in [1.54, 1.807) is 12.1 Å². The van der Waals surface area contributed by atoms with Crippen LogP contribution in [-0.4, -0.2) is 54.0 Å². The van der Waals surface area contributed by atoms with Gasteiger partial charge in [0, 0.05) is 31.7 Å². The van der Waals surface area contributed by atoms with Crippen LogP contribution >= 0.6 is 0 Å². The molecule has 2 aliphatic heterocycles. The number of nitrogens with one attached hydrogen (secondary N) is 2. The fraction of sp³-hybridized carbons (Fsp3) is 0.529. The molecule has 2 saturated heterocycles. The average molecular weight is 317 g/mol. The van der Waals surface area contributed by atoms with Gasteiger partial charge in [0.2, 0.25) is 5.91 Å². The Labute approximate surface area is 135 Å². The van der Waals surface area contributed by atoms with Crippen LogP contribution in [0.3, 0.4) is 0 Å². The van der Waals surface area contributed by atoms with E-state index >= 15 is 0 Å². The Bertz CT molecular complexity index is 584. The number of likely N-dealkylation sites (tertiary alicyclic amines) is 1. The van der Waals surface area contributed by atoms with E-state index in [-0.39, 0.29) is 29.5 Å². The molecule has 3 N–H and O–H groups in total. The van der Waals surface area contributed by atoms with Gasteiger partial charge >= 0.3 is 0 Å². The number of carbonyl (C=O) groups excluding carboxylic acids is 2. The van der Waals surface area contributed by atoms with E-state index < -0.39 is 0 Å². The van der Waals surface area contributed by atoms with Gasteiger partial charge in [0.05, 0.1) is 6.04 Å². The highest BCUT2D eigenvalue weighted by Crippen LogP contribution is 2.18. The van der Waals surface area contributed by atoms with Gasteiger partial charge in [-0.1, -0.05) is 6.07 Å². The highest BCUT2D eigenvalue weighted by Gasteiger charge is 2.33. The topological polar surface area (TPSA) is 81.7 Å². The Kier molecular flexibility index (Phi) is 4.81. The fourth-order valence-corrected chi connectivity index (χ4v) is 3.30. The zero-order chi connectivity index (χ0) is 16.2. The van der Waals surface area contributed by atoms with Crippen LogP contribution in [-0.2, 0) is 4.79 Å². The lowest BCUT2D eigenvalue weighted by Crippen LogP contribution is -2.42. The number of carbonyl (C=O) groups is 2. The molecule has 2 atom stereocenters. The Morgan fingerprint density at radius 2 is 2.09 bits per heavy atom. The van der Waals surface area contributed by atoms with Crippen LogP contribution < -0.4 is 10.6 Å². The predicted octanol–water partition coefficient (Wildman–Crippen LogP) is 0.722. The Hall–Kier alpha value is -2.08. The molecule has 0 aliphatic carbocycles. The van der Waals surface area contributed by atoms with Gasteiger partial charge in [-0.3, -0.25) is 9.59 Å². The van der Waals surface area contributed by atoms with Crippen molar-refractivity contribution in [1.82, 2.24) is 15.5 Å². The summed E-state index contributed by atoms with van der Waals surface area (Å²) >= 11 is 0. The number of hydrogen-bond acceptors (Lipinski definition) is 4. The Morgan fingerprint density at radius 1 is 1.30 bits per heavy atom. The van der Waals surface area contributed by atoms with Crippen molar-refractivity contribution in [2.45, 2.75) is 25.3 Å². The van der Waals surface area contributed by atoms with Crippen molar-refractivity contribution in [3.05, 3.63) is 29.8 Å². The second kappa shape index (κ2) is 7.00. The summed E-state index contributed by atoms with van der Waals surface area (Å²) in [6.07, 6.45) is 2.96. The van der Waals surface area contributed by atoms with Crippen LogP contribution in [0, 0.1) is 5.92 Å². The van der Waals surface area contributed by atoms with Gasteiger partial charge in [-0.2, -0.15) is 0 Å². The van der Waals surface area contributed by atoms with Crippen LogP contribution in [0.15, 0.2) is 24.3 Å². The molecular formula is C17H23N3O3. The molecule has 6 nitrogen and oxygen atoms in total. The molecule has 2 fully saturated rings. The van der Waals surface area contributed by atoms with Gasteiger partial charge < -0.3 is 20.6 Å². The van der Waals surface area contributed by atoms with E-state index in [0.717, 1.165) is 38.9 Å². The minimum Gasteiger partial charge on any atom is -0.508 e. The largest absolute Gasteiger partial charge is 0.508 e. The van der Waals surface area contributed by atoms with Crippen LogP contribution in [0.5, 0.6) is 5.75 Å². The van der Waals surface area contributed by atoms with Crippen molar-refractivity contribution in [3.63, 3.8) is 0 Å². The summed E-state index contributed by atoms with van der Waals surface area (Å²) in [7, 11) is 0. The third-order valence-electron chi connectivity index (χ3n) is 4.60. The Morgan fingerprint density at radius 3 is 2.83 bits per heavy atom. The number of hydrogen-bond donors (Lipinski definition) is 3. The third-order valence-corrected chi connectivity index (χ3v) is 4.60. The Balaban J connectivity index is 1.46. The maximum Gasteiger partial charge on any atom is 0.251 e. The lowest BCUT2D eigenvalue weighted by Gasteiger charge is -2.20. The molecular weight excluding hydrogens is 294 g/mol. The summed E-state index contributed by atoms with van der Waals surface area (Å²) in [4.78, 5) is 26.3. The first kappa shape index (κ1) is 15.8. The maximum atomic E-state index is 12.3. The molecule has 2 heterocycles. The monoisotopic (exact) mass is 317 g/mol. The first-order valence-corrected chi connectivity index (χ1v) is 8.23. The van der Waals surface area contributed by atoms with Crippen LogP contribution in [0.2, 0.25) is 0 Å². The molecule has 0 aromatic heterocycles. The van der Waals surface area contributed by atoms with Crippen molar-refractivity contribution < 1.29 is 14.7 Å². The predicted molar refractivity (Wildman–Crippen MR) is 86.2 cm³/mol. The summed E-state index contributed by atoms with van der Waals surface area (Å²) in [6, 6.07) is 6.18. The van der Waals surface area contributed by atoms with Gasteiger partial charge in [0.25, 0.3) is 5.91 Å². The highest BCUT2D eigenvalue weighted by molar-refractivity contribution is 5.94. The molecule has 0 saturated carbocycles. The minimum absolute atomic E-state index is 0.0801. The smallest absolute Gasteiger partial charge is 0.251 e. The summed E-state index contributed by atoms with van der Waals surface area (Å²) in [5, 5.41) is 15.6. The summed E-state index contributed by atoms with van der Waals surface area (Å²) in [6.45, 7) is 3.02. The van der Waals surface area contributed by atoms with Crippen LogP contribution in [0.25, 0.3) is 0 Å². The van der Waals surface area contributed by atoms with Gasteiger partial charge in [-0.25, -0.2) is 0 Å². The number of benzene rings is 1. The minimum atomic E-state index is -0.199. The number of rotatable bonds is 4. The second-order valence-electron chi connectivity index (χ2n) is 6.36. The molecule has 3 rings (SSSR count). The average Bonchev–Trinajstić information content (AvgIpc) is 3.23. The number of amides is 2. The molecule has 0 bridgehead atoms. The molecule has 2 aliphatic rings. The summed E-state index contributed by atoms with van der Waals surface area (Å²) in [5.74, 6) is 0.337. The fourth-order valence-electron chi connectivity index (χ4n) is 3.30. The van der Waals surface area contributed by atoms with Crippen molar-refractivity contribution in [2.24, 2.45) is 5.92 Å². The number of phenols is 1. The molecule has 1 aromatic rings. The zero-order valence-corrected chi connectivity index (χ0v) is 13.1. The van der Waals surface area contributed by atoms with Gasteiger partial charge in [-0.05, 0) is 43.4 Å². The molecule has 1 aromatic carbocycles. The van der Waals surface area contributed by atoms with E-state index in [0.29, 0.717) is 12.1 Å². The second-order valence-corrected chi connectivity index (χ2v) is 6.36. The standard InChI is InChI=1S/C17H23N3O3/c21-14-5-3-4-13(9-14)16(22)19-11-12-8-15(18-10-12)17(23)20-6-1-2-7-20/h3-5,9,12,15,18,21H,1-2,6-8,10-11H2,(H,19,22)/t12-,15-/m0/s1. The lowest BCUT2D eigenvalue weighted by molar-refractivity contribution is -0.132. The van der Waals surface area contributed by atoms with Crippen molar-refractivity contribution in [2.75, 3.05) is 26.2 Å². The molecule has 0 radical (unpaired) electrons. The van der Waals surface area contributed by atoms with E-state index in [2.05, 4.69) is 10.6 Å². The molecule has 124 valence electrons. The number of nitrogens with zero attached hydrogens (tertiary/aromatic N) is 1. The van der Waals surface area contributed by atoms with Gasteiger partial charge in [0.1, 0.15) is 5.75 Å². The maximum absolute atomic E-state index is 12.3. The number of phenolic OH excluding ortho intramolecular Hbond substituents is 1. The van der Waals surface area contributed by atoms with E-state index in [1.807, 2.05) is 4.90 Å². The first-order chi connectivity index (χ1) is 11.1. The van der Waals surface area contributed by atoms with E-state index in [9.17, 15) is 14.7 Å². The lowest BCUT2D eigenvalue weighted by atomic mass is 10.0. The van der Waals surface area contributed by atoms with Crippen molar-refractivity contribution in [3.8, 4) is 5.75 Å². The normalized spacial score (nSPS) is 23.9. The first-order valence-electron chi connectivity index (χ1n) is 8.23. The highest BCUT2D eigenvalue weighted by atomic mass is 16.3. The SMILES string of the molecule is O=C(NC[C@@H]1CN[C@H](C(=O)N2CCCC2)C1)c1cccc(O)c1. The molecule has 23 heavy (non-hydrogen) atoms. The van der Waals surface area contributed by atoms with Crippen LogP contribution in [0.1, 0.15) is 29.6 Å². The van der Waals surface area contributed by atoms with Crippen LogP contribution in [0.4, 0.5) is 0 Å². The van der Waals surface area contributed by atoms with E-state index in [4.69, 9.17) is 0 Å². The zero-order valence-electron chi connectivity index (χ0n) is 13.1. The number of aromatic hydroxyl groups is 1. The van der Waals surface area contributed by atoms with Gasteiger partial charge in [-0.15, -0.1) is 0 Å². The van der Waals surface area contributed by atoms with Gasteiger partial charge in [0.15, 0.2) is 0 Å². The van der Waals surface area contributed by atoms with Crippen molar-refractivity contribution >= 4 is 11.8 Å². The van der Waals surface area contributed by atoms with E-state index in [1.165, 1.54) is 12.1 Å². The third kappa shape index (κ3) is 3.82. The molecule has 2 amide bonds. The molecule has 0 unspecified atom stereocenters.